The summed E-state index contributed by atoms with van der Waals surface area (Å²) in [5.74, 6) is 6.71. The van der Waals surface area contributed by atoms with E-state index in [1.807, 2.05) is 61.2 Å². The van der Waals surface area contributed by atoms with E-state index < -0.39 is 35.7 Å². The maximum absolute atomic E-state index is 14.1. The molecule has 2 saturated heterocycles. The molecule has 4 aromatic rings. The molecule has 4 aliphatic rings. The van der Waals surface area contributed by atoms with Gasteiger partial charge in [-0.2, -0.15) is 0 Å². The third-order valence-corrected chi connectivity index (χ3v) is 13.1. The number of alkyl halides is 1. The molecule has 0 radical (unpaired) electrons. The first kappa shape index (κ1) is 39.3. The fourth-order valence-corrected chi connectivity index (χ4v) is 8.58. The number of rotatable bonds is 9. The van der Waals surface area contributed by atoms with Crippen LogP contribution in [-0.4, -0.2) is 98.6 Å². The molecule has 4 N–H and O–H groups in total. The largest absolute Gasteiger partial charge is 0.453 e. The van der Waals surface area contributed by atoms with Crippen molar-refractivity contribution in [3.8, 4) is 23.1 Å². The number of thiol groups is 1. The molecule has 16 heteroatoms. The van der Waals surface area contributed by atoms with E-state index >= 15 is 0 Å². The van der Waals surface area contributed by atoms with Crippen molar-refractivity contribution in [2.24, 2.45) is 16.7 Å². The molecule has 2 aliphatic carbocycles. The van der Waals surface area contributed by atoms with Gasteiger partial charge in [0.25, 0.3) is 5.91 Å². The topological polar surface area (TPSA) is 175 Å². The number of benzene rings is 2. The van der Waals surface area contributed by atoms with E-state index in [1.54, 1.807) is 11.1 Å². The summed E-state index contributed by atoms with van der Waals surface area (Å²) >= 11 is 4.71. The summed E-state index contributed by atoms with van der Waals surface area (Å²) in [4.78, 5) is 69.9. The minimum atomic E-state index is -1.45. The maximum atomic E-state index is 14.1. The Morgan fingerprint density at radius 3 is 2.16 bits per heavy atom. The van der Waals surface area contributed by atoms with Crippen LogP contribution in [0.25, 0.3) is 22.3 Å². The number of ether oxygens (including phenoxy) is 2. The number of aromatic nitrogens is 4. The Kier molecular flexibility index (Phi) is 10.1. The average Bonchev–Trinajstić information content (AvgIpc) is 3.84. The van der Waals surface area contributed by atoms with Gasteiger partial charge in [-0.3, -0.25) is 14.9 Å². The van der Waals surface area contributed by atoms with Gasteiger partial charge in [-0.1, -0.05) is 37.8 Å². The number of aromatic amines is 2. The first-order valence-corrected chi connectivity index (χ1v) is 20.0. The van der Waals surface area contributed by atoms with Gasteiger partial charge in [-0.25, -0.2) is 23.9 Å². The van der Waals surface area contributed by atoms with Crippen LogP contribution in [0.15, 0.2) is 48.7 Å². The molecule has 14 nitrogen and oxygen atoms in total. The number of carbonyl (C=O) groups is 4. The molecule has 8 rings (SSSR count). The van der Waals surface area contributed by atoms with Gasteiger partial charge in [0.2, 0.25) is 5.91 Å². The summed E-state index contributed by atoms with van der Waals surface area (Å²) in [6.45, 7) is 3.70. The zero-order valence-corrected chi connectivity index (χ0v) is 33.8. The van der Waals surface area contributed by atoms with Gasteiger partial charge in [-0.05, 0) is 91.2 Å². The van der Waals surface area contributed by atoms with Crippen molar-refractivity contribution in [2.45, 2.75) is 75.4 Å². The Balaban J connectivity index is 0.962. The fourth-order valence-electron chi connectivity index (χ4n) is 8.36. The second kappa shape index (κ2) is 15.0. The SMILES string of the molecule is COC(=O)N[C@@H](CF)C(=O)N1CC2(CC2)C[C@H]1c1ncc(-c2ccc(C#Cc3ccc4nc([C@@H]5CC6(CC6)CN5C(=O)[C@](S)(NC(=O)OC)C(C)C)[nH]c4c3)cc2)[nH]1. The number of amides is 4. The third-order valence-electron chi connectivity index (χ3n) is 12.3. The van der Waals surface area contributed by atoms with E-state index in [-0.39, 0.29) is 34.7 Å². The first-order chi connectivity index (χ1) is 27.8. The Labute approximate surface area is 340 Å². The number of likely N-dealkylation sites (tertiary alicyclic amines) is 2. The van der Waals surface area contributed by atoms with Crippen LogP contribution in [0.1, 0.15) is 87.2 Å². The number of H-pyrrole nitrogens is 2. The van der Waals surface area contributed by atoms with Crippen LogP contribution in [-0.2, 0) is 19.1 Å². The highest BCUT2D eigenvalue weighted by molar-refractivity contribution is 7.82. The second-order valence-electron chi connectivity index (χ2n) is 16.6. The minimum absolute atomic E-state index is 0.0000424. The first-order valence-electron chi connectivity index (χ1n) is 19.6. The number of nitrogens with zero attached hydrogens (tertiary/aromatic N) is 4. The zero-order chi connectivity index (χ0) is 41.0. The molecule has 4 fully saturated rings. The van der Waals surface area contributed by atoms with Crippen LogP contribution < -0.4 is 10.6 Å². The maximum Gasteiger partial charge on any atom is 0.408 e. The van der Waals surface area contributed by atoms with Gasteiger partial charge >= 0.3 is 12.2 Å². The monoisotopic (exact) mass is 810 g/mol. The summed E-state index contributed by atoms with van der Waals surface area (Å²) in [6.07, 6.45) is 5.69. The predicted octanol–water partition coefficient (Wildman–Crippen LogP) is 5.79. The highest BCUT2D eigenvalue weighted by Crippen LogP contribution is 2.59. The summed E-state index contributed by atoms with van der Waals surface area (Å²) < 4.78 is 23.3. The Morgan fingerprint density at radius 2 is 1.53 bits per heavy atom. The normalized spacial score (nSPS) is 21.4. The number of nitrogens with one attached hydrogen (secondary N) is 4. The molecule has 0 unspecified atom stereocenters. The molecule has 304 valence electrons. The number of alkyl carbamates (subject to hydrolysis) is 2. The molecule has 4 atom stereocenters. The molecular formula is C42H47FN8O6S. The second-order valence-corrected chi connectivity index (χ2v) is 17.3. The van der Waals surface area contributed by atoms with Crippen molar-refractivity contribution in [1.29, 1.82) is 0 Å². The lowest BCUT2D eigenvalue weighted by Gasteiger charge is -2.37. The smallest absolute Gasteiger partial charge is 0.408 e. The Hall–Kier alpha value is -5.56. The van der Waals surface area contributed by atoms with Crippen LogP contribution >= 0.6 is 12.6 Å². The van der Waals surface area contributed by atoms with Crippen LogP contribution in [0.3, 0.4) is 0 Å². The van der Waals surface area contributed by atoms with Crippen LogP contribution in [0, 0.1) is 28.6 Å². The molecule has 4 heterocycles. The van der Waals surface area contributed by atoms with Crippen LogP contribution in [0.4, 0.5) is 14.0 Å². The van der Waals surface area contributed by atoms with Gasteiger partial charge in [0.15, 0.2) is 4.87 Å². The zero-order valence-electron chi connectivity index (χ0n) is 32.9. The number of methoxy groups -OCH3 is 2. The van der Waals surface area contributed by atoms with Crippen molar-refractivity contribution in [3.63, 3.8) is 0 Å². The highest BCUT2D eigenvalue weighted by atomic mass is 32.1. The van der Waals surface area contributed by atoms with E-state index in [0.717, 1.165) is 65.5 Å². The van der Waals surface area contributed by atoms with Gasteiger partial charge in [0.05, 0.1) is 49.2 Å². The van der Waals surface area contributed by atoms with E-state index in [1.165, 1.54) is 14.2 Å². The lowest BCUT2D eigenvalue weighted by molar-refractivity contribution is -0.137. The number of fused-ring (bicyclic) bond motifs is 1. The van der Waals surface area contributed by atoms with Gasteiger partial charge < -0.3 is 34.6 Å². The fraction of sp³-hybridized carbons (Fsp3) is 0.476. The van der Waals surface area contributed by atoms with Crippen molar-refractivity contribution in [1.82, 2.24) is 40.4 Å². The lowest BCUT2D eigenvalue weighted by Crippen LogP contribution is -2.59. The van der Waals surface area contributed by atoms with Crippen molar-refractivity contribution < 1.29 is 33.0 Å². The number of hydrogen-bond donors (Lipinski definition) is 5. The summed E-state index contributed by atoms with van der Waals surface area (Å²) in [7, 11) is 2.43. The average molecular weight is 811 g/mol. The van der Waals surface area contributed by atoms with Crippen molar-refractivity contribution in [2.75, 3.05) is 34.0 Å². The summed E-state index contributed by atoms with van der Waals surface area (Å²) in [6, 6.07) is 11.5. The van der Waals surface area contributed by atoms with E-state index in [2.05, 4.69) is 42.2 Å². The molecule has 58 heavy (non-hydrogen) atoms. The van der Waals surface area contributed by atoms with Gasteiger partial charge in [-0.15, -0.1) is 12.6 Å². The van der Waals surface area contributed by atoms with Crippen LogP contribution in [0.5, 0.6) is 0 Å². The molecule has 2 aromatic carbocycles. The minimum Gasteiger partial charge on any atom is -0.453 e. The molecular weight excluding hydrogens is 764 g/mol. The number of imidazole rings is 2. The quantitative estimate of drug-likeness (QED) is 0.0803. The summed E-state index contributed by atoms with van der Waals surface area (Å²) in [5, 5.41) is 4.98. The Morgan fingerprint density at radius 1 is 0.914 bits per heavy atom. The van der Waals surface area contributed by atoms with E-state index in [9.17, 15) is 23.6 Å². The Bertz CT molecular complexity index is 2330. The molecule has 2 aromatic heterocycles. The van der Waals surface area contributed by atoms with E-state index in [0.29, 0.717) is 31.2 Å². The highest BCUT2D eigenvalue weighted by Gasteiger charge is 2.58. The summed E-state index contributed by atoms with van der Waals surface area (Å²) in [5.41, 5.74) is 4.88. The van der Waals surface area contributed by atoms with Crippen LogP contribution in [0.2, 0.25) is 0 Å². The van der Waals surface area contributed by atoms with Crippen molar-refractivity contribution >= 4 is 47.7 Å². The lowest BCUT2D eigenvalue weighted by atomic mass is 10.0. The number of halogens is 1. The van der Waals surface area contributed by atoms with E-state index in [4.69, 9.17) is 22.3 Å². The molecule has 2 aliphatic heterocycles. The molecule has 2 saturated carbocycles. The predicted molar refractivity (Wildman–Crippen MR) is 215 cm³/mol. The van der Waals surface area contributed by atoms with Gasteiger partial charge in [0, 0.05) is 24.2 Å². The molecule has 0 bridgehead atoms. The van der Waals surface area contributed by atoms with Gasteiger partial charge in [0.1, 0.15) is 24.4 Å². The molecule has 2 spiro atoms. The van der Waals surface area contributed by atoms with Crippen molar-refractivity contribution in [3.05, 3.63) is 71.4 Å². The number of carbonyl (C=O) groups excluding carboxylic acids is 4. The number of hydrogen-bond acceptors (Lipinski definition) is 9. The molecule has 4 amide bonds. The third kappa shape index (κ3) is 7.47. The standard InChI is InChI=1S/C42H47FN8O6S/c1-24(2)42(58,49-39(55)57-4)37(53)51-23-41(15-16-41)19-33(51)35-45-28-12-9-26(17-29(28)46-35)6-5-25-7-10-27(11-8-25)31-21-44-34(47-31)32-18-40(13-14-40)22-50(32)36(52)30(20-43)48-38(54)56-3/h7-12,17,21,24,30,32-33,58H,13-16,18-20,22-23H2,1-4H3,(H,44,47)(H,45,46)(H,48,54)(H,49,55)/t30-,32-,33-,42-/m0/s1.